The number of hydrogen-bond acceptors (Lipinski definition) is 1. The second kappa shape index (κ2) is 4.21. The van der Waals surface area contributed by atoms with Crippen molar-refractivity contribution in [1.29, 1.82) is 0 Å². The van der Waals surface area contributed by atoms with E-state index in [4.69, 9.17) is 23.2 Å². The number of aryl methyl sites for hydroxylation is 1. The van der Waals surface area contributed by atoms with E-state index in [-0.39, 0.29) is 0 Å². The SMILES string of the molecule is Clc1cc(Cl)c2c(c1)CC[C@H]2[C@H]1CCCN1. The molecule has 1 aliphatic carbocycles. The standard InChI is InChI=1S/C13H15Cl2N/c14-9-6-8-3-4-10(12-2-1-5-16-12)13(8)11(15)7-9/h6-7,10,12,16H,1-5H2/t10-,12+/m0/s1. The molecule has 0 spiro atoms. The van der Waals surface area contributed by atoms with Crippen LogP contribution in [0.15, 0.2) is 12.1 Å². The quantitative estimate of drug-likeness (QED) is 0.806. The van der Waals surface area contributed by atoms with Crippen LogP contribution < -0.4 is 5.32 Å². The van der Waals surface area contributed by atoms with Crippen LogP contribution in [-0.2, 0) is 6.42 Å². The van der Waals surface area contributed by atoms with Gasteiger partial charge in [-0.15, -0.1) is 0 Å². The lowest BCUT2D eigenvalue weighted by molar-refractivity contribution is 0.486. The first-order chi connectivity index (χ1) is 7.75. The van der Waals surface area contributed by atoms with Gasteiger partial charge in [0, 0.05) is 22.0 Å². The molecule has 3 rings (SSSR count). The molecule has 1 aliphatic heterocycles. The van der Waals surface area contributed by atoms with E-state index in [0.29, 0.717) is 12.0 Å². The average Bonchev–Trinajstić information content (AvgIpc) is 2.82. The number of fused-ring (bicyclic) bond motifs is 1. The molecule has 0 bridgehead atoms. The first kappa shape index (κ1) is 10.9. The zero-order valence-electron chi connectivity index (χ0n) is 9.10. The van der Waals surface area contributed by atoms with Crippen molar-refractivity contribution in [3.8, 4) is 0 Å². The summed E-state index contributed by atoms with van der Waals surface area (Å²) in [5.74, 6) is 0.599. The molecule has 1 heterocycles. The topological polar surface area (TPSA) is 12.0 Å². The number of rotatable bonds is 1. The Labute approximate surface area is 106 Å². The zero-order valence-corrected chi connectivity index (χ0v) is 10.6. The highest BCUT2D eigenvalue weighted by Gasteiger charge is 2.33. The third-order valence-corrected chi connectivity index (χ3v) is 4.39. The molecule has 2 aliphatic rings. The average molecular weight is 256 g/mol. The number of nitrogens with one attached hydrogen (secondary N) is 1. The summed E-state index contributed by atoms with van der Waals surface area (Å²) in [5.41, 5.74) is 2.71. The molecule has 1 nitrogen and oxygen atoms in total. The van der Waals surface area contributed by atoms with Gasteiger partial charge < -0.3 is 5.32 Å². The Morgan fingerprint density at radius 3 is 2.81 bits per heavy atom. The van der Waals surface area contributed by atoms with E-state index in [1.807, 2.05) is 6.07 Å². The fourth-order valence-corrected chi connectivity index (χ4v) is 3.85. The number of benzene rings is 1. The van der Waals surface area contributed by atoms with Gasteiger partial charge in [0.2, 0.25) is 0 Å². The Hall–Kier alpha value is -0.240. The van der Waals surface area contributed by atoms with Crippen molar-refractivity contribution >= 4 is 23.2 Å². The predicted octanol–water partition coefficient (Wildman–Crippen LogP) is 3.78. The summed E-state index contributed by atoms with van der Waals surface area (Å²) in [6.07, 6.45) is 4.91. The highest BCUT2D eigenvalue weighted by Crippen LogP contribution is 2.43. The third-order valence-electron chi connectivity index (χ3n) is 3.86. The van der Waals surface area contributed by atoms with Crippen LogP contribution in [0.4, 0.5) is 0 Å². The predicted molar refractivity (Wildman–Crippen MR) is 68.5 cm³/mol. The Morgan fingerprint density at radius 2 is 2.06 bits per heavy atom. The van der Waals surface area contributed by atoms with Gasteiger partial charge in [0.1, 0.15) is 0 Å². The zero-order chi connectivity index (χ0) is 11.1. The van der Waals surface area contributed by atoms with E-state index in [9.17, 15) is 0 Å². The van der Waals surface area contributed by atoms with Gasteiger partial charge in [-0.05, 0) is 55.5 Å². The van der Waals surface area contributed by atoms with Crippen LogP contribution in [0.3, 0.4) is 0 Å². The van der Waals surface area contributed by atoms with Crippen molar-refractivity contribution in [2.24, 2.45) is 0 Å². The molecular formula is C13H15Cl2N. The summed E-state index contributed by atoms with van der Waals surface area (Å²) in [6, 6.07) is 4.59. The maximum Gasteiger partial charge on any atom is 0.0458 e. The highest BCUT2D eigenvalue weighted by atomic mass is 35.5. The van der Waals surface area contributed by atoms with Crippen LogP contribution in [0, 0.1) is 0 Å². The fourth-order valence-electron chi connectivity index (χ4n) is 3.17. The van der Waals surface area contributed by atoms with Gasteiger partial charge >= 0.3 is 0 Å². The second-order valence-corrected chi connectivity index (χ2v) is 5.65. The molecule has 1 N–H and O–H groups in total. The lowest BCUT2D eigenvalue weighted by Gasteiger charge is -2.20. The third kappa shape index (κ3) is 1.75. The molecule has 86 valence electrons. The lowest BCUT2D eigenvalue weighted by atomic mass is 9.92. The van der Waals surface area contributed by atoms with Crippen molar-refractivity contribution < 1.29 is 0 Å². The van der Waals surface area contributed by atoms with Crippen LogP contribution in [0.5, 0.6) is 0 Å². The summed E-state index contributed by atoms with van der Waals surface area (Å²) in [7, 11) is 0. The van der Waals surface area contributed by atoms with Gasteiger partial charge in [0.25, 0.3) is 0 Å². The Balaban J connectivity index is 1.98. The van der Waals surface area contributed by atoms with E-state index in [0.717, 1.165) is 23.0 Å². The van der Waals surface area contributed by atoms with Crippen LogP contribution in [-0.4, -0.2) is 12.6 Å². The van der Waals surface area contributed by atoms with Crippen LogP contribution in [0.2, 0.25) is 10.0 Å². The molecule has 1 fully saturated rings. The van der Waals surface area contributed by atoms with Crippen molar-refractivity contribution in [2.45, 2.75) is 37.6 Å². The van der Waals surface area contributed by atoms with Gasteiger partial charge in [0.15, 0.2) is 0 Å². The molecule has 2 atom stereocenters. The molecule has 1 aromatic rings. The Bertz CT molecular complexity index is 411. The molecule has 1 saturated heterocycles. The first-order valence-corrected chi connectivity index (χ1v) is 6.72. The fraction of sp³-hybridized carbons (Fsp3) is 0.538. The van der Waals surface area contributed by atoms with Crippen molar-refractivity contribution in [2.75, 3.05) is 6.54 Å². The summed E-state index contributed by atoms with van der Waals surface area (Å²) in [5, 5.41) is 5.22. The van der Waals surface area contributed by atoms with Gasteiger partial charge in [-0.3, -0.25) is 0 Å². The van der Waals surface area contributed by atoms with Gasteiger partial charge in [-0.25, -0.2) is 0 Å². The largest absolute Gasteiger partial charge is 0.313 e. The minimum absolute atomic E-state index is 0.599. The van der Waals surface area contributed by atoms with Crippen LogP contribution in [0.25, 0.3) is 0 Å². The number of hydrogen-bond donors (Lipinski definition) is 1. The van der Waals surface area contributed by atoms with Crippen LogP contribution >= 0.6 is 23.2 Å². The number of halogens is 2. The van der Waals surface area contributed by atoms with E-state index in [1.165, 1.54) is 30.4 Å². The maximum absolute atomic E-state index is 6.34. The summed E-state index contributed by atoms with van der Waals surface area (Å²) < 4.78 is 0. The van der Waals surface area contributed by atoms with Gasteiger partial charge in [-0.2, -0.15) is 0 Å². The molecule has 0 amide bonds. The smallest absolute Gasteiger partial charge is 0.0458 e. The van der Waals surface area contributed by atoms with Crippen molar-refractivity contribution in [3.63, 3.8) is 0 Å². The Morgan fingerprint density at radius 1 is 1.19 bits per heavy atom. The summed E-state index contributed by atoms with van der Waals surface area (Å²) >= 11 is 12.4. The van der Waals surface area contributed by atoms with Crippen molar-refractivity contribution in [3.05, 3.63) is 33.3 Å². The van der Waals surface area contributed by atoms with E-state index in [1.54, 1.807) is 0 Å². The summed E-state index contributed by atoms with van der Waals surface area (Å²) in [6.45, 7) is 1.15. The van der Waals surface area contributed by atoms with Gasteiger partial charge in [0.05, 0.1) is 0 Å². The monoisotopic (exact) mass is 255 g/mol. The molecule has 3 heteroatoms. The molecular weight excluding hydrogens is 241 g/mol. The molecule has 1 aromatic carbocycles. The first-order valence-electron chi connectivity index (χ1n) is 5.97. The van der Waals surface area contributed by atoms with Crippen LogP contribution in [0.1, 0.15) is 36.3 Å². The van der Waals surface area contributed by atoms with E-state index < -0.39 is 0 Å². The minimum atomic E-state index is 0.599. The minimum Gasteiger partial charge on any atom is -0.313 e. The molecule has 0 radical (unpaired) electrons. The normalized spacial score (nSPS) is 28.4. The van der Waals surface area contributed by atoms with Gasteiger partial charge in [-0.1, -0.05) is 23.2 Å². The Kier molecular flexibility index (Phi) is 2.87. The van der Waals surface area contributed by atoms with E-state index in [2.05, 4.69) is 11.4 Å². The maximum atomic E-state index is 6.34. The molecule has 0 unspecified atom stereocenters. The van der Waals surface area contributed by atoms with E-state index >= 15 is 0 Å². The summed E-state index contributed by atoms with van der Waals surface area (Å²) in [4.78, 5) is 0. The molecule has 16 heavy (non-hydrogen) atoms. The molecule has 0 aromatic heterocycles. The highest BCUT2D eigenvalue weighted by molar-refractivity contribution is 6.35. The lowest BCUT2D eigenvalue weighted by Crippen LogP contribution is -2.27. The second-order valence-electron chi connectivity index (χ2n) is 4.81. The van der Waals surface area contributed by atoms with Crippen molar-refractivity contribution in [1.82, 2.24) is 5.32 Å². The molecule has 0 saturated carbocycles.